The highest BCUT2D eigenvalue weighted by Crippen LogP contribution is 2.26. The van der Waals surface area contributed by atoms with E-state index in [0.29, 0.717) is 5.02 Å². The van der Waals surface area contributed by atoms with Crippen molar-refractivity contribution < 1.29 is 18.7 Å². The van der Waals surface area contributed by atoms with Crippen LogP contribution in [0, 0.1) is 12.7 Å². The van der Waals surface area contributed by atoms with Crippen molar-refractivity contribution in [3.8, 4) is 0 Å². The van der Waals surface area contributed by atoms with E-state index >= 15 is 0 Å². The van der Waals surface area contributed by atoms with Crippen LogP contribution in [0.25, 0.3) is 0 Å². The molecule has 3 aromatic rings. The Labute approximate surface area is 184 Å². The molecule has 5 nitrogen and oxygen atoms in total. The van der Waals surface area contributed by atoms with Crippen LogP contribution in [-0.2, 0) is 4.79 Å². The molecule has 0 saturated carbocycles. The topological polar surface area (TPSA) is 61.2 Å². The lowest BCUT2D eigenvalue weighted by Crippen LogP contribution is -2.42. The van der Waals surface area contributed by atoms with Gasteiger partial charge in [-0.15, -0.1) is 10.1 Å². The summed E-state index contributed by atoms with van der Waals surface area (Å²) < 4.78 is 14.9. The first-order chi connectivity index (χ1) is 14.9. The second kappa shape index (κ2) is 8.70. The van der Waals surface area contributed by atoms with E-state index in [4.69, 9.17) is 11.6 Å². The molecule has 1 heterocycles. The summed E-state index contributed by atoms with van der Waals surface area (Å²) >= 11 is 6.30. The molecule has 0 aromatic heterocycles. The number of hydrogen-bond acceptors (Lipinski definition) is 2. The minimum Gasteiger partial charge on any atom is -0.334 e. The van der Waals surface area contributed by atoms with Crippen molar-refractivity contribution in [2.24, 2.45) is 0 Å². The first-order valence-corrected chi connectivity index (χ1v) is 10.1. The minimum absolute atomic E-state index is 0.269. The lowest BCUT2D eigenvalue weighted by atomic mass is 9.98. The van der Waals surface area contributed by atoms with Gasteiger partial charge in [0.25, 0.3) is 5.91 Å². The van der Waals surface area contributed by atoms with Crippen molar-refractivity contribution in [1.82, 2.24) is 10.7 Å². The largest absolute Gasteiger partial charge is 0.334 e. The molecule has 2 N–H and O–H groups in total. The van der Waals surface area contributed by atoms with Gasteiger partial charge in [-0.1, -0.05) is 53.6 Å². The number of benzene rings is 3. The van der Waals surface area contributed by atoms with Gasteiger partial charge in [0.05, 0.1) is 10.6 Å². The van der Waals surface area contributed by atoms with Crippen LogP contribution in [0.1, 0.15) is 33.1 Å². The van der Waals surface area contributed by atoms with Gasteiger partial charge in [0.15, 0.2) is 6.04 Å². The van der Waals surface area contributed by atoms with Crippen LogP contribution in [0.4, 0.5) is 4.39 Å². The third-order valence-electron chi connectivity index (χ3n) is 5.13. The SMILES string of the molecule is Cc1ccc([C@@H]2[C@H](NC(=O)c3ccc(F)cc3)C(=O)N/[N+]2=C\c2ccccc2Cl)cc1. The van der Waals surface area contributed by atoms with Crippen LogP contribution in [0.3, 0.4) is 0 Å². The molecule has 1 aliphatic rings. The summed E-state index contributed by atoms with van der Waals surface area (Å²) in [7, 11) is 0. The zero-order valence-electron chi connectivity index (χ0n) is 16.7. The molecule has 1 saturated heterocycles. The number of hydrazine groups is 1. The summed E-state index contributed by atoms with van der Waals surface area (Å²) in [5.74, 6) is -1.26. The predicted molar refractivity (Wildman–Crippen MR) is 117 cm³/mol. The number of rotatable bonds is 4. The summed E-state index contributed by atoms with van der Waals surface area (Å²) in [5, 5.41) is 3.33. The van der Waals surface area contributed by atoms with Crippen molar-refractivity contribution >= 4 is 29.6 Å². The molecule has 3 aromatic carbocycles. The summed E-state index contributed by atoms with van der Waals surface area (Å²) in [6.45, 7) is 1.98. The minimum atomic E-state index is -0.862. The maximum Gasteiger partial charge on any atom is 0.304 e. The van der Waals surface area contributed by atoms with Crippen LogP contribution in [-0.4, -0.2) is 28.8 Å². The molecule has 31 heavy (non-hydrogen) atoms. The highest BCUT2D eigenvalue weighted by atomic mass is 35.5. The van der Waals surface area contributed by atoms with E-state index in [1.165, 1.54) is 24.3 Å². The fourth-order valence-electron chi connectivity index (χ4n) is 3.50. The van der Waals surface area contributed by atoms with Gasteiger partial charge in [-0.3, -0.25) is 9.59 Å². The lowest BCUT2D eigenvalue weighted by Gasteiger charge is -2.15. The van der Waals surface area contributed by atoms with E-state index in [1.807, 2.05) is 49.4 Å². The Kier molecular flexibility index (Phi) is 5.82. The second-order valence-electron chi connectivity index (χ2n) is 7.35. The molecule has 0 aliphatic carbocycles. The van der Waals surface area contributed by atoms with Crippen molar-refractivity contribution in [3.05, 3.63) is 106 Å². The Morgan fingerprint density at radius 3 is 2.42 bits per heavy atom. The van der Waals surface area contributed by atoms with E-state index in [2.05, 4.69) is 10.7 Å². The number of nitrogens with zero attached hydrogens (tertiary/aromatic N) is 1. The van der Waals surface area contributed by atoms with E-state index in [1.54, 1.807) is 17.0 Å². The standard InChI is InChI=1S/C24H19ClFN3O2/c1-15-6-8-16(9-7-15)22-21(27-23(30)17-10-12-19(26)13-11-17)24(31)28-29(22)14-18-4-2-3-5-20(18)25/h2-14,21-22H,1H3,(H-,27,28,30,31)/p+1/b29-14-/t21-,22+/m0/s1. The number of hydrazone groups is 1. The molecule has 156 valence electrons. The number of carbonyl (C=O) groups is 2. The maximum atomic E-state index is 13.2. The number of aryl methyl sites for hydroxylation is 1. The average Bonchev–Trinajstić information content (AvgIpc) is 3.05. The Morgan fingerprint density at radius 2 is 1.74 bits per heavy atom. The molecule has 0 unspecified atom stereocenters. The quantitative estimate of drug-likeness (QED) is 0.611. The molecule has 1 fully saturated rings. The highest BCUT2D eigenvalue weighted by Gasteiger charge is 2.47. The molecule has 2 atom stereocenters. The first-order valence-electron chi connectivity index (χ1n) is 9.73. The van der Waals surface area contributed by atoms with Crippen LogP contribution >= 0.6 is 11.6 Å². The second-order valence-corrected chi connectivity index (χ2v) is 7.75. The highest BCUT2D eigenvalue weighted by molar-refractivity contribution is 6.32. The number of halogens is 2. The monoisotopic (exact) mass is 436 g/mol. The Hall–Kier alpha value is -3.51. The van der Waals surface area contributed by atoms with E-state index < -0.39 is 23.8 Å². The summed E-state index contributed by atoms with van der Waals surface area (Å²) in [6.07, 6.45) is 1.74. The lowest BCUT2D eigenvalue weighted by molar-refractivity contribution is -0.596. The van der Waals surface area contributed by atoms with Gasteiger partial charge >= 0.3 is 5.91 Å². The molecule has 4 rings (SSSR count). The Bertz CT molecular complexity index is 1160. The third kappa shape index (κ3) is 4.49. The van der Waals surface area contributed by atoms with Gasteiger partial charge in [-0.2, -0.15) is 0 Å². The van der Waals surface area contributed by atoms with E-state index in [9.17, 15) is 14.0 Å². The average molecular weight is 437 g/mol. The van der Waals surface area contributed by atoms with Gasteiger partial charge in [0.1, 0.15) is 5.82 Å². The zero-order chi connectivity index (χ0) is 22.0. The summed E-state index contributed by atoms with van der Waals surface area (Å²) in [4.78, 5) is 25.6. The molecule has 7 heteroatoms. The molecule has 0 spiro atoms. The van der Waals surface area contributed by atoms with Crippen molar-refractivity contribution in [2.45, 2.75) is 19.0 Å². The van der Waals surface area contributed by atoms with Crippen LogP contribution in [0.5, 0.6) is 0 Å². The van der Waals surface area contributed by atoms with Crippen LogP contribution < -0.4 is 10.7 Å². The molecule has 0 bridgehead atoms. The predicted octanol–water partition coefficient (Wildman–Crippen LogP) is 3.80. The molecule has 2 amide bonds. The normalized spacial score (nSPS) is 19.3. The summed E-state index contributed by atoms with van der Waals surface area (Å²) in [6, 6.07) is 18.8. The van der Waals surface area contributed by atoms with Crippen LogP contribution in [0.2, 0.25) is 5.02 Å². The van der Waals surface area contributed by atoms with Crippen molar-refractivity contribution in [1.29, 1.82) is 0 Å². The number of carbonyl (C=O) groups excluding carboxylic acids is 2. The number of hydrogen-bond donors (Lipinski definition) is 2. The third-order valence-corrected chi connectivity index (χ3v) is 5.48. The molecular weight excluding hydrogens is 417 g/mol. The van der Waals surface area contributed by atoms with Gasteiger partial charge in [0.2, 0.25) is 12.3 Å². The zero-order valence-corrected chi connectivity index (χ0v) is 17.4. The number of amides is 2. The fourth-order valence-corrected chi connectivity index (χ4v) is 3.68. The maximum absolute atomic E-state index is 13.2. The van der Waals surface area contributed by atoms with Gasteiger partial charge in [-0.05, 0) is 43.3 Å². The Morgan fingerprint density at radius 1 is 1.06 bits per heavy atom. The Balaban J connectivity index is 1.71. The molecule has 1 aliphatic heterocycles. The fraction of sp³-hybridized carbons (Fsp3) is 0.125. The molecular formula is C24H20ClFN3O2+. The van der Waals surface area contributed by atoms with Gasteiger partial charge in [-0.25, -0.2) is 4.39 Å². The van der Waals surface area contributed by atoms with Crippen molar-refractivity contribution in [3.63, 3.8) is 0 Å². The van der Waals surface area contributed by atoms with E-state index in [0.717, 1.165) is 16.7 Å². The van der Waals surface area contributed by atoms with Crippen molar-refractivity contribution in [2.75, 3.05) is 0 Å². The van der Waals surface area contributed by atoms with E-state index in [-0.39, 0.29) is 11.5 Å². The smallest absolute Gasteiger partial charge is 0.304 e. The van der Waals surface area contributed by atoms with Gasteiger partial charge in [0, 0.05) is 11.1 Å². The summed E-state index contributed by atoms with van der Waals surface area (Å²) in [5.41, 5.74) is 5.73. The number of nitrogens with one attached hydrogen (secondary N) is 2. The molecule has 0 radical (unpaired) electrons. The van der Waals surface area contributed by atoms with Gasteiger partial charge < -0.3 is 5.32 Å². The van der Waals surface area contributed by atoms with Crippen LogP contribution in [0.15, 0.2) is 72.8 Å². The first kappa shape index (κ1) is 20.8.